The zero-order valence-corrected chi connectivity index (χ0v) is 18.6. The highest BCUT2D eigenvalue weighted by atomic mass is 16.5. The molecule has 0 aliphatic rings. The molecule has 0 radical (unpaired) electrons. The minimum Gasteiger partial charge on any atom is -0.493 e. The summed E-state index contributed by atoms with van der Waals surface area (Å²) in [5, 5.41) is 4.68. The van der Waals surface area contributed by atoms with Crippen LogP contribution >= 0.6 is 0 Å². The third-order valence-corrected chi connectivity index (χ3v) is 5.33. The van der Waals surface area contributed by atoms with Gasteiger partial charge in [-0.05, 0) is 54.4 Å². The van der Waals surface area contributed by atoms with Crippen molar-refractivity contribution in [2.24, 2.45) is 0 Å². The number of carbonyl (C=O) groups is 1. The van der Waals surface area contributed by atoms with Crippen LogP contribution in [0.3, 0.4) is 0 Å². The Morgan fingerprint density at radius 3 is 2.34 bits per heavy atom. The number of hydrogen-bond acceptors (Lipinski definition) is 4. The summed E-state index contributed by atoms with van der Waals surface area (Å²) in [4.78, 5) is 15.2. The minimum absolute atomic E-state index is 0.199. The summed E-state index contributed by atoms with van der Waals surface area (Å²) in [6.45, 7) is 2.00. The van der Waals surface area contributed by atoms with E-state index in [2.05, 4.69) is 5.10 Å². The van der Waals surface area contributed by atoms with Gasteiger partial charge in [-0.15, -0.1) is 0 Å². The Bertz CT molecular complexity index is 1250. The topological polar surface area (TPSA) is 56.6 Å². The number of aromatic nitrogens is 2. The van der Waals surface area contributed by atoms with Crippen LogP contribution in [0.5, 0.6) is 11.5 Å². The summed E-state index contributed by atoms with van der Waals surface area (Å²) in [7, 11) is 4.94. The summed E-state index contributed by atoms with van der Waals surface area (Å²) in [6.07, 6.45) is 1.87. The number of amides is 1. The number of ether oxygens (including phenoxy) is 2. The predicted molar refractivity (Wildman–Crippen MR) is 126 cm³/mol. The molecule has 0 saturated heterocycles. The quantitative estimate of drug-likeness (QED) is 0.427. The lowest BCUT2D eigenvalue weighted by molar-refractivity contribution is 0.0988. The molecule has 6 nitrogen and oxygen atoms in total. The molecule has 0 spiro atoms. The standard InChI is InChI=1S/C26H25N3O3/c1-18-9-8-12-21(15-18)28(2)26(30)25-22(17-29(27-25)20-10-6-5-7-11-20)19-13-14-23(31-3)24(16-19)32-4/h5-17H,1-4H3. The third kappa shape index (κ3) is 4.07. The molecule has 0 saturated carbocycles. The lowest BCUT2D eigenvalue weighted by Crippen LogP contribution is -2.27. The number of anilines is 1. The lowest BCUT2D eigenvalue weighted by Gasteiger charge is -2.17. The summed E-state index contributed by atoms with van der Waals surface area (Å²) >= 11 is 0. The van der Waals surface area contributed by atoms with Crippen LogP contribution in [0, 0.1) is 6.92 Å². The van der Waals surface area contributed by atoms with E-state index < -0.39 is 0 Å². The van der Waals surface area contributed by atoms with Crippen LogP contribution in [0.2, 0.25) is 0 Å². The molecule has 0 fully saturated rings. The van der Waals surface area contributed by atoms with Crippen molar-refractivity contribution in [2.45, 2.75) is 6.92 Å². The second-order valence-electron chi connectivity index (χ2n) is 7.44. The van der Waals surface area contributed by atoms with Gasteiger partial charge >= 0.3 is 0 Å². The van der Waals surface area contributed by atoms with Gasteiger partial charge in [-0.25, -0.2) is 4.68 Å². The molecule has 6 heteroatoms. The van der Waals surface area contributed by atoms with Crippen molar-refractivity contribution >= 4 is 11.6 Å². The van der Waals surface area contributed by atoms with Crippen molar-refractivity contribution < 1.29 is 14.3 Å². The van der Waals surface area contributed by atoms with Crippen LogP contribution in [0.15, 0.2) is 79.0 Å². The first-order chi connectivity index (χ1) is 15.5. The van der Waals surface area contributed by atoms with Crippen molar-refractivity contribution in [3.8, 4) is 28.3 Å². The van der Waals surface area contributed by atoms with Gasteiger partial charge in [0.2, 0.25) is 0 Å². The number of nitrogens with zero attached hydrogens (tertiary/aromatic N) is 3. The molecule has 0 atom stereocenters. The fourth-order valence-electron chi connectivity index (χ4n) is 3.57. The van der Waals surface area contributed by atoms with Crippen molar-refractivity contribution in [3.05, 3.63) is 90.3 Å². The molecule has 1 heterocycles. The maximum Gasteiger partial charge on any atom is 0.279 e. The van der Waals surface area contributed by atoms with Gasteiger partial charge in [0.05, 0.1) is 19.9 Å². The van der Waals surface area contributed by atoms with E-state index in [1.165, 1.54) is 0 Å². The van der Waals surface area contributed by atoms with Crippen LogP contribution in [0.4, 0.5) is 5.69 Å². The smallest absolute Gasteiger partial charge is 0.279 e. The molecule has 4 aromatic rings. The number of aryl methyl sites for hydroxylation is 1. The molecule has 0 aliphatic heterocycles. The Hall–Kier alpha value is -4.06. The van der Waals surface area contributed by atoms with Gasteiger partial charge in [0.1, 0.15) is 0 Å². The van der Waals surface area contributed by atoms with Gasteiger partial charge in [0.15, 0.2) is 17.2 Å². The van der Waals surface area contributed by atoms with E-state index in [4.69, 9.17) is 9.47 Å². The first kappa shape index (κ1) is 21.2. The van der Waals surface area contributed by atoms with Crippen molar-refractivity contribution in [1.82, 2.24) is 9.78 Å². The first-order valence-corrected chi connectivity index (χ1v) is 10.2. The molecule has 162 valence electrons. The van der Waals surface area contributed by atoms with Crippen molar-refractivity contribution in [3.63, 3.8) is 0 Å². The molecular weight excluding hydrogens is 402 g/mol. The first-order valence-electron chi connectivity index (χ1n) is 10.2. The monoisotopic (exact) mass is 427 g/mol. The number of methoxy groups -OCH3 is 2. The highest BCUT2D eigenvalue weighted by Gasteiger charge is 2.24. The molecule has 0 aliphatic carbocycles. The largest absolute Gasteiger partial charge is 0.493 e. The number of carbonyl (C=O) groups excluding carboxylic acids is 1. The van der Waals surface area contributed by atoms with E-state index in [1.54, 1.807) is 30.8 Å². The summed E-state index contributed by atoms with van der Waals surface area (Å²) in [5.74, 6) is 1.01. The summed E-state index contributed by atoms with van der Waals surface area (Å²) in [6, 6.07) is 23.1. The predicted octanol–water partition coefficient (Wildman–Crippen LogP) is 5.14. The molecule has 3 aromatic carbocycles. The van der Waals surface area contributed by atoms with E-state index in [0.29, 0.717) is 22.8 Å². The van der Waals surface area contributed by atoms with E-state index in [9.17, 15) is 4.79 Å². The van der Waals surface area contributed by atoms with Crippen LogP contribution < -0.4 is 14.4 Å². The van der Waals surface area contributed by atoms with Crippen LogP contribution in [0.25, 0.3) is 16.8 Å². The number of rotatable bonds is 6. The second-order valence-corrected chi connectivity index (χ2v) is 7.44. The maximum atomic E-state index is 13.6. The van der Waals surface area contributed by atoms with Crippen LogP contribution in [-0.2, 0) is 0 Å². The highest BCUT2D eigenvalue weighted by molar-refractivity contribution is 6.08. The zero-order valence-electron chi connectivity index (χ0n) is 18.6. The molecular formula is C26H25N3O3. The number of hydrogen-bond donors (Lipinski definition) is 0. The Morgan fingerprint density at radius 2 is 1.66 bits per heavy atom. The second kappa shape index (κ2) is 8.98. The Labute approximate surface area is 187 Å². The van der Waals surface area contributed by atoms with Crippen molar-refractivity contribution in [2.75, 3.05) is 26.2 Å². The van der Waals surface area contributed by atoms with E-state index in [1.807, 2.05) is 85.9 Å². The average Bonchev–Trinajstić information content (AvgIpc) is 3.28. The van der Waals surface area contributed by atoms with E-state index in [0.717, 1.165) is 22.5 Å². The number of para-hydroxylation sites is 1. The highest BCUT2D eigenvalue weighted by Crippen LogP contribution is 2.34. The van der Waals surface area contributed by atoms with Crippen molar-refractivity contribution in [1.29, 1.82) is 0 Å². The molecule has 4 rings (SSSR count). The average molecular weight is 428 g/mol. The molecule has 32 heavy (non-hydrogen) atoms. The van der Waals surface area contributed by atoms with Gasteiger partial charge < -0.3 is 14.4 Å². The maximum absolute atomic E-state index is 13.6. The normalized spacial score (nSPS) is 10.6. The van der Waals surface area contributed by atoms with E-state index in [-0.39, 0.29) is 5.91 Å². The lowest BCUT2D eigenvalue weighted by atomic mass is 10.0. The fraction of sp³-hybridized carbons (Fsp3) is 0.154. The molecule has 0 N–H and O–H groups in total. The Kier molecular flexibility index (Phi) is 5.94. The van der Waals surface area contributed by atoms with Gasteiger partial charge in [-0.1, -0.05) is 36.4 Å². The van der Waals surface area contributed by atoms with Crippen LogP contribution in [0.1, 0.15) is 16.1 Å². The summed E-state index contributed by atoms with van der Waals surface area (Å²) < 4.78 is 12.6. The molecule has 1 aromatic heterocycles. The third-order valence-electron chi connectivity index (χ3n) is 5.33. The molecule has 1 amide bonds. The summed E-state index contributed by atoms with van der Waals surface area (Å²) in [5.41, 5.74) is 4.63. The Balaban J connectivity index is 1.84. The minimum atomic E-state index is -0.199. The SMILES string of the molecule is COc1ccc(-c2cn(-c3ccccc3)nc2C(=O)N(C)c2cccc(C)c2)cc1OC. The Morgan fingerprint density at radius 1 is 0.906 bits per heavy atom. The fourth-order valence-corrected chi connectivity index (χ4v) is 3.57. The van der Waals surface area contributed by atoms with Gasteiger partial charge in [0, 0.05) is 24.5 Å². The molecule has 0 unspecified atom stereocenters. The van der Waals surface area contributed by atoms with E-state index >= 15 is 0 Å². The zero-order chi connectivity index (χ0) is 22.7. The van der Waals surface area contributed by atoms with Gasteiger partial charge in [-0.3, -0.25) is 4.79 Å². The van der Waals surface area contributed by atoms with Gasteiger partial charge in [0.25, 0.3) is 5.91 Å². The van der Waals surface area contributed by atoms with Gasteiger partial charge in [-0.2, -0.15) is 5.10 Å². The number of benzene rings is 3. The van der Waals surface area contributed by atoms with Crippen LogP contribution in [-0.4, -0.2) is 37.0 Å². The molecule has 0 bridgehead atoms.